The second-order valence-electron chi connectivity index (χ2n) is 4.43. The van der Waals surface area contributed by atoms with Crippen LogP contribution in [0.4, 0.5) is 0 Å². The smallest absolute Gasteiger partial charge is 0.287 e. The highest BCUT2D eigenvalue weighted by Crippen LogP contribution is 2.27. The summed E-state index contributed by atoms with van der Waals surface area (Å²) in [5.74, 6) is 0.151. The molecule has 1 aliphatic rings. The Balaban J connectivity index is 1.79. The molecule has 1 fully saturated rings. The monoisotopic (exact) mass is 257 g/mol. The van der Waals surface area contributed by atoms with Gasteiger partial charge in [-0.3, -0.25) is 4.79 Å². The molecule has 2 N–H and O–H groups in total. The Hall–Kier alpha value is -1.00. The first-order valence-electron chi connectivity index (χ1n) is 5.88. The van der Waals surface area contributed by atoms with Crippen LogP contribution in [0.3, 0.4) is 0 Å². The Labute approximate surface area is 105 Å². The molecule has 4 nitrogen and oxygen atoms in total. The Kier molecular flexibility index (Phi) is 4.07. The first kappa shape index (κ1) is 12.5. The maximum atomic E-state index is 11.6. The molecule has 0 bridgehead atoms. The minimum atomic E-state index is -0.466. The lowest BCUT2D eigenvalue weighted by atomic mass is 10.0. The van der Waals surface area contributed by atoms with E-state index < -0.39 is 6.10 Å². The number of carbonyl (C=O) groups excluding carboxylic acids is 1. The van der Waals surface area contributed by atoms with Crippen LogP contribution in [0.1, 0.15) is 36.2 Å². The summed E-state index contributed by atoms with van der Waals surface area (Å²) in [6, 6.07) is 3.03. The van der Waals surface area contributed by atoms with Crippen LogP contribution in [0.5, 0.6) is 0 Å². The van der Waals surface area contributed by atoms with Crippen LogP contribution in [0, 0.1) is 5.92 Å². The molecule has 0 radical (unpaired) electrons. The summed E-state index contributed by atoms with van der Waals surface area (Å²) in [5, 5.41) is 12.7. The van der Waals surface area contributed by atoms with Gasteiger partial charge in [-0.25, -0.2) is 0 Å². The second-order valence-corrected chi connectivity index (χ2v) is 4.80. The van der Waals surface area contributed by atoms with Crippen molar-refractivity contribution in [1.82, 2.24) is 5.32 Å². The third kappa shape index (κ3) is 3.23. The van der Waals surface area contributed by atoms with E-state index in [9.17, 15) is 9.90 Å². The van der Waals surface area contributed by atoms with Crippen LogP contribution < -0.4 is 5.32 Å². The molecule has 1 aromatic rings. The van der Waals surface area contributed by atoms with Crippen molar-refractivity contribution in [3.63, 3.8) is 0 Å². The van der Waals surface area contributed by atoms with E-state index in [0.717, 1.165) is 12.8 Å². The molecule has 1 amide bonds. The Morgan fingerprint density at radius 1 is 1.53 bits per heavy atom. The summed E-state index contributed by atoms with van der Waals surface area (Å²) in [5.41, 5.74) is 0. The van der Waals surface area contributed by atoms with Crippen molar-refractivity contribution in [2.75, 3.05) is 6.54 Å². The molecule has 2 rings (SSSR count). The minimum Gasteiger partial charge on any atom is -0.440 e. The average Bonchev–Trinajstić information content (AvgIpc) is 2.95. The zero-order valence-electron chi connectivity index (χ0n) is 9.49. The number of halogens is 1. The van der Waals surface area contributed by atoms with Gasteiger partial charge in [-0.05, 0) is 42.5 Å². The van der Waals surface area contributed by atoms with Crippen molar-refractivity contribution in [1.29, 1.82) is 0 Å². The maximum absolute atomic E-state index is 11.6. The van der Waals surface area contributed by atoms with Crippen molar-refractivity contribution < 1.29 is 14.3 Å². The van der Waals surface area contributed by atoms with Crippen molar-refractivity contribution >= 4 is 17.5 Å². The third-order valence-corrected chi connectivity index (χ3v) is 3.42. The van der Waals surface area contributed by atoms with Crippen molar-refractivity contribution in [3.8, 4) is 0 Å². The van der Waals surface area contributed by atoms with Gasteiger partial charge < -0.3 is 14.8 Å². The molecular formula is C12H16ClNO3. The van der Waals surface area contributed by atoms with Crippen LogP contribution in [-0.2, 0) is 0 Å². The summed E-state index contributed by atoms with van der Waals surface area (Å²) in [6.45, 7) is 0.266. The Morgan fingerprint density at radius 3 is 2.82 bits per heavy atom. The van der Waals surface area contributed by atoms with Crippen LogP contribution in [0.15, 0.2) is 16.5 Å². The molecule has 0 saturated heterocycles. The van der Waals surface area contributed by atoms with Gasteiger partial charge in [0.25, 0.3) is 5.91 Å². The van der Waals surface area contributed by atoms with E-state index in [0.29, 0.717) is 5.92 Å². The zero-order chi connectivity index (χ0) is 12.3. The first-order valence-corrected chi connectivity index (χ1v) is 6.26. The molecule has 1 saturated carbocycles. The summed E-state index contributed by atoms with van der Waals surface area (Å²) in [4.78, 5) is 11.6. The molecule has 1 aliphatic carbocycles. The van der Waals surface area contributed by atoms with E-state index in [1.165, 1.54) is 25.0 Å². The topological polar surface area (TPSA) is 62.5 Å². The van der Waals surface area contributed by atoms with Crippen LogP contribution in [0.25, 0.3) is 0 Å². The predicted octanol–water partition coefficient (Wildman–Crippen LogP) is 2.21. The second kappa shape index (κ2) is 5.56. The molecule has 0 aliphatic heterocycles. The van der Waals surface area contributed by atoms with E-state index in [4.69, 9.17) is 16.0 Å². The summed E-state index contributed by atoms with van der Waals surface area (Å²) in [6.07, 6.45) is 3.96. The van der Waals surface area contributed by atoms with E-state index in [-0.39, 0.29) is 23.4 Å². The van der Waals surface area contributed by atoms with Crippen molar-refractivity contribution in [2.45, 2.75) is 31.8 Å². The Bertz CT molecular complexity index is 385. The van der Waals surface area contributed by atoms with Gasteiger partial charge in [0.2, 0.25) is 0 Å². The molecule has 94 valence electrons. The van der Waals surface area contributed by atoms with Crippen LogP contribution >= 0.6 is 11.6 Å². The van der Waals surface area contributed by atoms with Gasteiger partial charge in [0.05, 0.1) is 6.10 Å². The van der Waals surface area contributed by atoms with E-state index in [2.05, 4.69) is 5.32 Å². The van der Waals surface area contributed by atoms with Gasteiger partial charge in [0, 0.05) is 6.54 Å². The number of aliphatic hydroxyl groups is 1. The number of rotatable bonds is 4. The highest BCUT2D eigenvalue weighted by Gasteiger charge is 2.23. The van der Waals surface area contributed by atoms with E-state index >= 15 is 0 Å². The quantitative estimate of drug-likeness (QED) is 0.869. The van der Waals surface area contributed by atoms with Crippen LogP contribution in [0.2, 0.25) is 5.22 Å². The number of aliphatic hydroxyl groups excluding tert-OH is 1. The van der Waals surface area contributed by atoms with Gasteiger partial charge in [-0.15, -0.1) is 0 Å². The molecule has 0 aromatic carbocycles. The van der Waals surface area contributed by atoms with Gasteiger partial charge in [0.15, 0.2) is 11.0 Å². The first-order chi connectivity index (χ1) is 8.16. The van der Waals surface area contributed by atoms with Crippen LogP contribution in [-0.4, -0.2) is 23.7 Å². The fourth-order valence-electron chi connectivity index (χ4n) is 2.23. The Morgan fingerprint density at radius 2 is 2.24 bits per heavy atom. The molecule has 1 heterocycles. The molecule has 0 spiro atoms. The SMILES string of the molecule is O=C(NCC(O)C1CCCC1)c1ccc(Cl)o1. The number of hydrogen-bond donors (Lipinski definition) is 2. The number of amides is 1. The normalized spacial score (nSPS) is 18.2. The highest BCUT2D eigenvalue weighted by atomic mass is 35.5. The fraction of sp³-hybridized carbons (Fsp3) is 0.583. The lowest BCUT2D eigenvalue weighted by molar-refractivity contribution is 0.0818. The standard InChI is InChI=1S/C12H16ClNO3/c13-11-6-5-10(17-11)12(16)14-7-9(15)8-3-1-2-4-8/h5-6,8-9,15H,1-4,7H2,(H,14,16). The van der Waals surface area contributed by atoms with Crippen molar-refractivity contribution in [2.24, 2.45) is 5.92 Å². The molecule has 5 heteroatoms. The highest BCUT2D eigenvalue weighted by molar-refractivity contribution is 6.29. The van der Waals surface area contributed by atoms with Gasteiger partial charge in [-0.1, -0.05) is 12.8 Å². The third-order valence-electron chi connectivity index (χ3n) is 3.21. The molecule has 1 aromatic heterocycles. The average molecular weight is 258 g/mol. The number of carbonyl (C=O) groups is 1. The van der Waals surface area contributed by atoms with Gasteiger partial charge in [-0.2, -0.15) is 0 Å². The van der Waals surface area contributed by atoms with Crippen molar-refractivity contribution in [3.05, 3.63) is 23.1 Å². The molecular weight excluding hydrogens is 242 g/mol. The number of hydrogen-bond acceptors (Lipinski definition) is 3. The number of nitrogens with one attached hydrogen (secondary N) is 1. The maximum Gasteiger partial charge on any atom is 0.287 e. The molecule has 1 unspecified atom stereocenters. The van der Waals surface area contributed by atoms with Gasteiger partial charge in [0.1, 0.15) is 0 Å². The fourth-order valence-corrected chi connectivity index (χ4v) is 2.38. The van der Waals surface area contributed by atoms with E-state index in [1.54, 1.807) is 0 Å². The lowest BCUT2D eigenvalue weighted by Crippen LogP contribution is -2.35. The largest absolute Gasteiger partial charge is 0.440 e. The zero-order valence-corrected chi connectivity index (χ0v) is 10.2. The molecule has 17 heavy (non-hydrogen) atoms. The van der Waals surface area contributed by atoms with Gasteiger partial charge >= 0.3 is 0 Å². The summed E-state index contributed by atoms with van der Waals surface area (Å²) >= 11 is 5.57. The summed E-state index contributed by atoms with van der Waals surface area (Å²) in [7, 11) is 0. The predicted molar refractivity (Wildman–Crippen MR) is 64.0 cm³/mol. The minimum absolute atomic E-state index is 0.175. The number of furan rings is 1. The molecule has 1 atom stereocenters. The van der Waals surface area contributed by atoms with E-state index in [1.807, 2.05) is 0 Å². The summed E-state index contributed by atoms with van der Waals surface area (Å²) < 4.78 is 4.97. The lowest BCUT2D eigenvalue weighted by Gasteiger charge is -2.17.